The van der Waals surface area contributed by atoms with Gasteiger partial charge in [0.15, 0.2) is 0 Å². The van der Waals surface area contributed by atoms with Gasteiger partial charge >= 0.3 is 5.97 Å². The van der Waals surface area contributed by atoms with Crippen LogP contribution in [0.4, 0.5) is 0 Å². The second-order valence-electron chi connectivity index (χ2n) is 4.19. The molecule has 1 saturated carbocycles. The predicted molar refractivity (Wildman–Crippen MR) is 58.8 cm³/mol. The Hall–Kier alpha value is -0.900. The van der Waals surface area contributed by atoms with Gasteiger partial charge in [0, 0.05) is 11.3 Å². The number of furan rings is 1. The summed E-state index contributed by atoms with van der Waals surface area (Å²) in [6.45, 7) is 0. The van der Waals surface area contributed by atoms with E-state index in [0.717, 1.165) is 24.3 Å². The van der Waals surface area contributed by atoms with Gasteiger partial charge in [-0.25, -0.2) is 0 Å². The number of rotatable bonds is 6. The normalized spacial score (nSPS) is 17.6. The van der Waals surface area contributed by atoms with E-state index in [4.69, 9.17) is 9.52 Å². The quantitative estimate of drug-likeness (QED) is 0.810. The van der Waals surface area contributed by atoms with E-state index in [1.807, 2.05) is 6.07 Å². The summed E-state index contributed by atoms with van der Waals surface area (Å²) in [7, 11) is 0. The highest BCUT2D eigenvalue weighted by atomic mass is 32.2. The molecule has 4 heteroatoms. The second-order valence-corrected chi connectivity index (χ2v) is 5.18. The average Bonchev–Trinajstić information content (AvgIpc) is 2.74. The van der Waals surface area contributed by atoms with E-state index in [1.165, 1.54) is 5.56 Å². The molecule has 0 spiro atoms. The topological polar surface area (TPSA) is 50.4 Å². The van der Waals surface area contributed by atoms with Crippen molar-refractivity contribution in [1.82, 2.24) is 0 Å². The molecule has 2 rings (SSSR count). The van der Waals surface area contributed by atoms with Gasteiger partial charge in [0.2, 0.25) is 0 Å². The monoisotopic (exact) mass is 226 g/mol. The lowest BCUT2D eigenvalue weighted by Gasteiger charge is -2.10. The molecular formula is C11H14O3S. The maximum atomic E-state index is 10.6. The van der Waals surface area contributed by atoms with Crippen molar-refractivity contribution in [2.24, 2.45) is 5.41 Å². The maximum absolute atomic E-state index is 10.6. The molecule has 0 radical (unpaired) electrons. The van der Waals surface area contributed by atoms with Crippen molar-refractivity contribution >= 4 is 17.7 Å². The summed E-state index contributed by atoms with van der Waals surface area (Å²) < 4.78 is 4.97. The first-order valence-corrected chi connectivity index (χ1v) is 6.16. The number of aliphatic carboxylic acids is 1. The number of hydrogen-bond acceptors (Lipinski definition) is 3. The van der Waals surface area contributed by atoms with Crippen LogP contribution in [-0.2, 0) is 10.5 Å². The van der Waals surface area contributed by atoms with Gasteiger partial charge in [-0.05, 0) is 30.1 Å². The highest BCUT2D eigenvalue weighted by molar-refractivity contribution is 7.98. The van der Waals surface area contributed by atoms with Crippen molar-refractivity contribution in [2.45, 2.75) is 25.0 Å². The first kappa shape index (κ1) is 10.6. The highest BCUT2D eigenvalue weighted by Crippen LogP contribution is 2.51. The SMILES string of the molecule is O=C(O)CC1(CSCc2ccoc2)CC1. The summed E-state index contributed by atoms with van der Waals surface area (Å²) in [5.74, 6) is 1.19. The Morgan fingerprint density at radius 1 is 1.60 bits per heavy atom. The lowest BCUT2D eigenvalue weighted by Crippen LogP contribution is -2.11. The average molecular weight is 226 g/mol. The largest absolute Gasteiger partial charge is 0.481 e. The van der Waals surface area contributed by atoms with E-state index < -0.39 is 5.97 Å². The molecule has 0 aromatic carbocycles. The van der Waals surface area contributed by atoms with Crippen molar-refractivity contribution in [3.63, 3.8) is 0 Å². The molecule has 0 saturated heterocycles. The number of carboxylic acid groups (broad SMARTS) is 1. The molecule has 82 valence electrons. The zero-order chi connectivity index (χ0) is 10.7. The van der Waals surface area contributed by atoms with Crippen LogP contribution in [0.3, 0.4) is 0 Å². The fourth-order valence-corrected chi connectivity index (χ4v) is 2.96. The molecule has 0 unspecified atom stereocenters. The maximum Gasteiger partial charge on any atom is 0.303 e. The van der Waals surface area contributed by atoms with E-state index in [2.05, 4.69) is 0 Å². The van der Waals surface area contributed by atoms with Crippen LogP contribution >= 0.6 is 11.8 Å². The van der Waals surface area contributed by atoms with Crippen LogP contribution in [-0.4, -0.2) is 16.8 Å². The molecule has 0 bridgehead atoms. The zero-order valence-corrected chi connectivity index (χ0v) is 9.26. The lowest BCUT2D eigenvalue weighted by molar-refractivity contribution is -0.138. The van der Waals surface area contributed by atoms with Gasteiger partial charge in [0.05, 0.1) is 18.9 Å². The standard InChI is InChI=1S/C11H14O3S/c12-10(13)5-11(2-3-11)8-15-7-9-1-4-14-6-9/h1,4,6H,2-3,5,7-8H2,(H,12,13). The molecule has 0 amide bonds. The number of carboxylic acids is 1. The van der Waals surface area contributed by atoms with Crippen molar-refractivity contribution in [1.29, 1.82) is 0 Å². The molecule has 1 heterocycles. The minimum absolute atomic E-state index is 0.0975. The predicted octanol–water partition coefficient (Wildman–Crippen LogP) is 2.77. The smallest absolute Gasteiger partial charge is 0.303 e. The molecule has 1 aromatic heterocycles. The van der Waals surface area contributed by atoms with Crippen molar-refractivity contribution < 1.29 is 14.3 Å². The van der Waals surface area contributed by atoms with Crippen LogP contribution in [0.15, 0.2) is 23.0 Å². The van der Waals surface area contributed by atoms with Gasteiger partial charge in [0.1, 0.15) is 0 Å². The van der Waals surface area contributed by atoms with Gasteiger partial charge in [0.25, 0.3) is 0 Å². The summed E-state index contributed by atoms with van der Waals surface area (Å²) in [4.78, 5) is 10.6. The minimum Gasteiger partial charge on any atom is -0.481 e. The van der Waals surface area contributed by atoms with Crippen LogP contribution in [0, 0.1) is 5.41 Å². The first-order valence-electron chi connectivity index (χ1n) is 5.01. The summed E-state index contributed by atoms with van der Waals surface area (Å²) in [6, 6.07) is 1.95. The van der Waals surface area contributed by atoms with Gasteiger partial charge in [-0.15, -0.1) is 0 Å². The molecule has 3 nitrogen and oxygen atoms in total. The van der Waals surface area contributed by atoms with Crippen LogP contribution in [0.25, 0.3) is 0 Å². The number of thioether (sulfide) groups is 1. The van der Waals surface area contributed by atoms with Crippen LogP contribution < -0.4 is 0 Å². The van der Waals surface area contributed by atoms with E-state index in [0.29, 0.717) is 6.42 Å². The van der Waals surface area contributed by atoms with Crippen molar-refractivity contribution in [3.05, 3.63) is 24.2 Å². The summed E-state index contributed by atoms with van der Waals surface area (Å²) >= 11 is 1.80. The lowest BCUT2D eigenvalue weighted by atomic mass is 10.1. The Balaban J connectivity index is 1.72. The number of hydrogen-bond donors (Lipinski definition) is 1. The first-order chi connectivity index (χ1) is 7.20. The summed E-state index contributed by atoms with van der Waals surface area (Å²) in [5.41, 5.74) is 1.27. The molecule has 1 aromatic rings. The fourth-order valence-electron chi connectivity index (χ4n) is 1.63. The molecule has 1 fully saturated rings. The van der Waals surface area contributed by atoms with E-state index in [9.17, 15) is 4.79 Å². The Morgan fingerprint density at radius 3 is 2.93 bits per heavy atom. The Morgan fingerprint density at radius 2 is 2.40 bits per heavy atom. The molecular weight excluding hydrogens is 212 g/mol. The van der Waals surface area contributed by atoms with Crippen molar-refractivity contribution in [3.8, 4) is 0 Å². The molecule has 0 aliphatic heterocycles. The third kappa shape index (κ3) is 3.02. The minimum atomic E-state index is -0.670. The van der Waals surface area contributed by atoms with Crippen LogP contribution in [0.5, 0.6) is 0 Å². The van der Waals surface area contributed by atoms with Gasteiger partial charge in [-0.2, -0.15) is 11.8 Å². The van der Waals surface area contributed by atoms with Crippen LogP contribution in [0.2, 0.25) is 0 Å². The molecule has 0 atom stereocenters. The molecule has 1 aliphatic rings. The third-order valence-corrected chi connectivity index (χ3v) is 4.09. The van der Waals surface area contributed by atoms with E-state index in [1.54, 1.807) is 24.3 Å². The van der Waals surface area contributed by atoms with Crippen molar-refractivity contribution in [2.75, 3.05) is 5.75 Å². The fraction of sp³-hybridized carbons (Fsp3) is 0.545. The molecule has 15 heavy (non-hydrogen) atoms. The van der Waals surface area contributed by atoms with E-state index in [-0.39, 0.29) is 5.41 Å². The molecule has 1 N–H and O–H groups in total. The number of carbonyl (C=O) groups is 1. The van der Waals surface area contributed by atoms with Gasteiger partial charge < -0.3 is 9.52 Å². The second kappa shape index (κ2) is 4.31. The third-order valence-electron chi connectivity index (χ3n) is 2.74. The van der Waals surface area contributed by atoms with Gasteiger partial charge in [-0.1, -0.05) is 0 Å². The van der Waals surface area contributed by atoms with Crippen LogP contribution in [0.1, 0.15) is 24.8 Å². The summed E-state index contributed by atoms with van der Waals surface area (Å²) in [6.07, 6.45) is 5.87. The summed E-state index contributed by atoms with van der Waals surface area (Å²) in [5, 5.41) is 8.75. The zero-order valence-electron chi connectivity index (χ0n) is 8.44. The Labute approximate surface area is 92.9 Å². The Kier molecular flexibility index (Phi) is 3.05. The Bertz CT molecular complexity index is 328. The van der Waals surface area contributed by atoms with E-state index >= 15 is 0 Å². The molecule has 1 aliphatic carbocycles. The highest BCUT2D eigenvalue weighted by Gasteiger charge is 2.43. The van der Waals surface area contributed by atoms with Gasteiger partial charge in [-0.3, -0.25) is 4.79 Å².